The van der Waals surface area contributed by atoms with E-state index in [1.165, 1.54) is 5.56 Å². The van der Waals surface area contributed by atoms with Crippen LogP contribution in [0.3, 0.4) is 0 Å². The van der Waals surface area contributed by atoms with E-state index in [0.717, 1.165) is 94.3 Å². The number of aryl methyl sites for hydroxylation is 1. The molecule has 0 unspecified atom stereocenters. The summed E-state index contributed by atoms with van der Waals surface area (Å²) in [7, 11) is -3.92. The summed E-state index contributed by atoms with van der Waals surface area (Å²) in [6.45, 7) is 10.7. The summed E-state index contributed by atoms with van der Waals surface area (Å²) in [5, 5.41) is 0.0200. The van der Waals surface area contributed by atoms with E-state index in [-0.39, 0.29) is 12.0 Å². The van der Waals surface area contributed by atoms with Crippen LogP contribution in [0.2, 0.25) is 5.02 Å². The molecule has 0 spiro atoms. The van der Waals surface area contributed by atoms with Crippen molar-refractivity contribution in [2.45, 2.75) is 76.8 Å². The number of hydrogen-bond acceptors (Lipinski definition) is 8. The first kappa shape index (κ1) is 36.2. The van der Waals surface area contributed by atoms with Crippen LogP contribution in [0.15, 0.2) is 48.6 Å². The zero-order chi connectivity index (χ0) is 34.4. The van der Waals surface area contributed by atoms with Crippen LogP contribution in [0.25, 0.3) is 0 Å². The van der Waals surface area contributed by atoms with E-state index < -0.39 is 21.2 Å². The molecular weight excluding hydrogens is 662 g/mol. The Morgan fingerprint density at radius 2 is 1.86 bits per heavy atom. The Labute approximate surface area is 297 Å². The Hall–Kier alpha value is -2.63. The fraction of sp³-hybridized carbons (Fsp3) is 0.605. The molecule has 49 heavy (non-hydrogen) atoms. The lowest BCUT2D eigenvalue weighted by Gasteiger charge is -2.44. The van der Waals surface area contributed by atoms with Gasteiger partial charge in [-0.15, -0.1) is 0 Å². The number of nitrogens with one attached hydrogen (secondary N) is 1. The van der Waals surface area contributed by atoms with Crippen molar-refractivity contribution in [2.75, 3.05) is 57.4 Å². The van der Waals surface area contributed by atoms with Gasteiger partial charge in [0.15, 0.2) is 0 Å². The normalized spacial score (nSPS) is 28.8. The lowest BCUT2D eigenvalue weighted by atomic mass is 9.70. The van der Waals surface area contributed by atoms with Crippen molar-refractivity contribution in [2.24, 2.45) is 17.8 Å². The highest BCUT2D eigenvalue weighted by molar-refractivity contribution is 7.90. The van der Waals surface area contributed by atoms with E-state index in [2.05, 4.69) is 26.7 Å². The van der Waals surface area contributed by atoms with E-state index in [4.69, 9.17) is 25.8 Å². The molecule has 4 aliphatic rings. The van der Waals surface area contributed by atoms with Crippen LogP contribution in [0.1, 0.15) is 73.9 Å². The van der Waals surface area contributed by atoms with Gasteiger partial charge in [0.2, 0.25) is 10.0 Å². The third-order valence-corrected chi connectivity index (χ3v) is 12.9. The molecule has 3 heterocycles. The fourth-order valence-electron chi connectivity index (χ4n) is 7.66. The van der Waals surface area contributed by atoms with Crippen molar-refractivity contribution in [1.29, 1.82) is 0 Å². The maximum Gasteiger partial charge on any atom is 0.264 e. The minimum Gasteiger partial charge on any atom is -0.487 e. The number of fused-ring (bicyclic) bond motifs is 3. The quantitative estimate of drug-likeness (QED) is 0.364. The monoisotopic (exact) mass is 713 g/mol. The smallest absolute Gasteiger partial charge is 0.264 e. The van der Waals surface area contributed by atoms with E-state index in [0.29, 0.717) is 49.2 Å². The molecule has 2 aromatic carbocycles. The summed E-state index contributed by atoms with van der Waals surface area (Å²) >= 11 is 6.37. The Morgan fingerprint density at radius 1 is 1.02 bits per heavy atom. The molecule has 1 aliphatic carbocycles. The SMILES string of the molecule is CC[C@@H]1C[C@H](C)/C=C/[C@H](OCCN2CCOCC2)[C@@H]2CC[C@H]2CN2CCCCc3cc(Cl)ccc3COc3ccc(cc32)C(=O)NS1(=O)=O. The molecule has 6 rings (SSSR count). The van der Waals surface area contributed by atoms with Gasteiger partial charge in [-0.2, -0.15) is 0 Å². The number of carbonyl (C=O) groups is 1. The van der Waals surface area contributed by atoms with Crippen molar-refractivity contribution in [3.05, 3.63) is 70.3 Å². The number of allylic oxidation sites excluding steroid dienone is 1. The number of rotatable bonds is 5. The number of benzene rings is 2. The summed E-state index contributed by atoms with van der Waals surface area (Å²) in [4.78, 5) is 18.3. The van der Waals surface area contributed by atoms with Crippen molar-refractivity contribution in [3.8, 4) is 5.75 Å². The second-order valence-electron chi connectivity index (χ2n) is 14.2. The third-order valence-electron chi connectivity index (χ3n) is 10.8. The standard InChI is InChI=1S/C38H52ClN3O6S/c1-3-33-22-27(2)7-13-36(47-21-18-41-16-19-46-20-17-41)34-12-9-30(34)25-42-15-5-4-6-28-23-32(39)11-8-31(28)26-48-37-14-10-29(24-35(37)42)38(43)40-49(33,44)45/h7-8,10-11,13-14,23-24,27,30,33-34,36H,3-6,9,12,15-22,25-26H2,1-2H3,(H,40,43)/b13-7+/t27-,30+,33-,34-,36+/m1/s1. The van der Waals surface area contributed by atoms with E-state index in [9.17, 15) is 13.2 Å². The molecule has 5 atom stereocenters. The van der Waals surface area contributed by atoms with Crippen molar-refractivity contribution < 1.29 is 27.4 Å². The number of nitrogens with zero attached hydrogens (tertiary/aromatic N) is 2. The topological polar surface area (TPSA) is 97.4 Å². The molecule has 2 bridgehead atoms. The average molecular weight is 714 g/mol. The van der Waals surface area contributed by atoms with Gasteiger partial charge in [-0.25, -0.2) is 13.1 Å². The van der Waals surface area contributed by atoms with Crippen LogP contribution in [0.5, 0.6) is 5.75 Å². The minimum absolute atomic E-state index is 0.00131. The maximum atomic E-state index is 13.6. The Bertz CT molecular complexity index is 1580. The van der Waals surface area contributed by atoms with E-state index in [1.54, 1.807) is 6.07 Å². The van der Waals surface area contributed by atoms with Crippen molar-refractivity contribution in [3.63, 3.8) is 0 Å². The summed E-state index contributed by atoms with van der Waals surface area (Å²) in [5.74, 6) is 0.809. The molecule has 3 aliphatic heterocycles. The van der Waals surface area contributed by atoms with Crippen LogP contribution in [0.4, 0.5) is 5.69 Å². The van der Waals surface area contributed by atoms with Gasteiger partial charge in [-0.1, -0.05) is 43.7 Å². The molecule has 2 fully saturated rings. The second-order valence-corrected chi connectivity index (χ2v) is 16.6. The summed E-state index contributed by atoms with van der Waals surface area (Å²) in [6.07, 6.45) is 10.1. The van der Waals surface area contributed by atoms with Crippen molar-refractivity contribution in [1.82, 2.24) is 9.62 Å². The number of amides is 1. The number of carbonyl (C=O) groups excluding carboxylic acids is 1. The van der Waals surface area contributed by atoms with Crippen LogP contribution < -0.4 is 14.4 Å². The van der Waals surface area contributed by atoms with Gasteiger partial charge in [-0.3, -0.25) is 9.69 Å². The Morgan fingerprint density at radius 3 is 2.63 bits per heavy atom. The highest BCUT2D eigenvalue weighted by atomic mass is 35.5. The molecule has 1 amide bonds. The zero-order valence-corrected chi connectivity index (χ0v) is 30.5. The van der Waals surface area contributed by atoms with Gasteiger partial charge < -0.3 is 19.1 Å². The number of anilines is 1. The number of sulfonamides is 1. The highest BCUT2D eigenvalue weighted by Crippen LogP contribution is 2.42. The highest BCUT2D eigenvalue weighted by Gasteiger charge is 2.38. The molecule has 1 N–H and O–H groups in total. The van der Waals surface area contributed by atoms with Gasteiger partial charge in [0, 0.05) is 43.3 Å². The first-order valence-corrected chi connectivity index (χ1v) is 20.1. The molecule has 11 heteroatoms. The molecule has 1 saturated heterocycles. The lowest BCUT2D eigenvalue weighted by Crippen LogP contribution is -2.45. The van der Waals surface area contributed by atoms with Gasteiger partial charge in [-0.05, 0) is 104 Å². The second kappa shape index (κ2) is 16.6. The molecule has 268 valence electrons. The first-order chi connectivity index (χ1) is 23.7. The Kier molecular flexibility index (Phi) is 12.2. The Balaban J connectivity index is 1.32. The zero-order valence-electron chi connectivity index (χ0n) is 28.9. The first-order valence-electron chi connectivity index (χ1n) is 18.1. The van der Waals surface area contributed by atoms with Crippen LogP contribution in [0, 0.1) is 17.8 Å². The van der Waals surface area contributed by atoms with Gasteiger partial charge >= 0.3 is 0 Å². The van der Waals surface area contributed by atoms with Crippen LogP contribution in [-0.4, -0.2) is 83.1 Å². The largest absolute Gasteiger partial charge is 0.487 e. The van der Waals surface area contributed by atoms with Crippen molar-refractivity contribution >= 4 is 33.2 Å². The number of morpholine rings is 1. The van der Waals surface area contributed by atoms with E-state index in [1.807, 2.05) is 44.2 Å². The summed E-state index contributed by atoms with van der Waals surface area (Å²) in [6, 6.07) is 11.3. The molecule has 2 aromatic rings. The molecular formula is C38H52ClN3O6S. The third kappa shape index (κ3) is 9.19. The average Bonchev–Trinajstić information content (AvgIpc) is 3.10. The minimum atomic E-state index is -3.92. The summed E-state index contributed by atoms with van der Waals surface area (Å²) < 4.78 is 48.2. The molecule has 1 saturated carbocycles. The van der Waals surface area contributed by atoms with Crippen LogP contribution >= 0.6 is 11.6 Å². The molecule has 9 nitrogen and oxygen atoms in total. The number of halogens is 1. The summed E-state index contributed by atoms with van der Waals surface area (Å²) in [5.41, 5.74) is 3.41. The molecule has 0 radical (unpaired) electrons. The maximum absolute atomic E-state index is 13.6. The van der Waals surface area contributed by atoms with Gasteiger partial charge in [0.25, 0.3) is 5.91 Å². The predicted octanol–water partition coefficient (Wildman–Crippen LogP) is 6.24. The fourth-order valence-corrected chi connectivity index (χ4v) is 9.39. The number of ether oxygens (including phenoxy) is 3. The van der Waals surface area contributed by atoms with E-state index >= 15 is 0 Å². The van der Waals surface area contributed by atoms with Gasteiger partial charge in [0.1, 0.15) is 12.4 Å². The molecule has 0 aromatic heterocycles. The predicted molar refractivity (Wildman–Crippen MR) is 194 cm³/mol. The number of hydrogen-bond donors (Lipinski definition) is 1. The van der Waals surface area contributed by atoms with Gasteiger partial charge in [0.05, 0.1) is 36.9 Å². The lowest BCUT2D eigenvalue weighted by molar-refractivity contribution is -0.0314. The van der Waals surface area contributed by atoms with Crippen LogP contribution in [-0.2, 0) is 32.5 Å².